The minimum atomic E-state index is -4.48. The summed E-state index contributed by atoms with van der Waals surface area (Å²) in [5.41, 5.74) is 0.421. The quantitative estimate of drug-likeness (QED) is 0.839. The molecule has 0 unspecified atom stereocenters. The van der Waals surface area contributed by atoms with E-state index in [4.69, 9.17) is 16.2 Å². The Kier molecular flexibility index (Phi) is 3.14. The Balaban J connectivity index is 2.68. The van der Waals surface area contributed by atoms with E-state index < -0.39 is 20.9 Å². The molecule has 1 aromatic carbocycles. The summed E-state index contributed by atoms with van der Waals surface area (Å²) in [5, 5.41) is 4.84. The van der Waals surface area contributed by atoms with E-state index in [1.54, 1.807) is 6.92 Å². The summed E-state index contributed by atoms with van der Waals surface area (Å²) in [6.45, 7) is 1.64. The Bertz CT molecular complexity index is 654. The van der Waals surface area contributed by atoms with Gasteiger partial charge in [0, 0.05) is 5.71 Å². The lowest BCUT2D eigenvalue weighted by atomic mass is 10.3. The zero-order valence-electron chi connectivity index (χ0n) is 9.29. The van der Waals surface area contributed by atoms with Gasteiger partial charge in [-0.1, -0.05) is 17.7 Å². The van der Waals surface area contributed by atoms with Crippen molar-refractivity contribution in [2.75, 3.05) is 5.01 Å². The minimum absolute atomic E-state index is 0.0249. The van der Waals surface area contributed by atoms with Crippen molar-refractivity contribution in [3.8, 4) is 0 Å². The van der Waals surface area contributed by atoms with E-state index in [0.29, 0.717) is 5.71 Å². The first-order chi connectivity index (χ1) is 8.30. The van der Waals surface area contributed by atoms with E-state index in [2.05, 4.69) is 5.10 Å². The van der Waals surface area contributed by atoms with Crippen molar-refractivity contribution in [3.63, 3.8) is 0 Å². The molecule has 0 spiro atoms. The van der Waals surface area contributed by atoms with Crippen molar-refractivity contribution in [2.24, 2.45) is 5.10 Å². The number of benzene rings is 1. The van der Waals surface area contributed by atoms with Gasteiger partial charge >= 0.3 is 0 Å². The van der Waals surface area contributed by atoms with Crippen molar-refractivity contribution in [1.29, 1.82) is 0 Å². The lowest BCUT2D eigenvalue weighted by Gasteiger charge is -2.16. The normalized spacial score (nSPS) is 16.1. The molecule has 1 aliphatic rings. The summed E-state index contributed by atoms with van der Waals surface area (Å²) in [4.78, 5) is 11.3. The predicted octanol–water partition coefficient (Wildman–Crippen LogP) is 1.70. The van der Waals surface area contributed by atoms with Gasteiger partial charge in [-0.05, 0) is 19.1 Å². The number of carbonyl (C=O) groups excluding carboxylic acids is 1. The van der Waals surface area contributed by atoms with E-state index in [1.165, 1.54) is 12.1 Å². The third-order valence-electron chi connectivity index (χ3n) is 2.35. The number of para-hydroxylation sites is 1. The lowest BCUT2D eigenvalue weighted by molar-refractivity contribution is -0.116. The second-order valence-electron chi connectivity index (χ2n) is 3.78. The van der Waals surface area contributed by atoms with Crippen LogP contribution in [0.15, 0.2) is 28.2 Å². The van der Waals surface area contributed by atoms with Crippen LogP contribution in [0.2, 0.25) is 5.02 Å². The Morgan fingerprint density at radius 3 is 2.61 bits per heavy atom. The molecule has 96 valence electrons. The molecule has 8 heteroatoms. The molecule has 0 atom stereocenters. The van der Waals surface area contributed by atoms with Gasteiger partial charge in [0.05, 0.1) is 11.4 Å². The van der Waals surface area contributed by atoms with Crippen LogP contribution in [0.5, 0.6) is 0 Å². The third kappa shape index (κ3) is 2.24. The van der Waals surface area contributed by atoms with E-state index in [1.807, 2.05) is 0 Å². The molecular formula is C10H9ClN2O4S. The van der Waals surface area contributed by atoms with E-state index >= 15 is 0 Å². The number of anilines is 1. The second-order valence-corrected chi connectivity index (χ2v) is 5.58. The highest BCUT2D eigenvalue weighted by Crippen LogP contribution is 2.35. The zero-order valence-corrected chi connectivity index (χ0v) is 10.9. The first kappa shape index (κ1) is 13.0. The Morgan fingerprint density at radius 1 is 1.44 bits per heavy atom. The van der Waals surface area contributed by atoms with Crippen LogP contribution in [0.1, 0.15) is 13.3 Å². The molecule has 6 nitrogen and oxygen atoms in total. The topological polar surface area (TPSA) is 87.0 Å². The molecule has 1 N–H and O–H groups in total. The number of halogens is 1. The van der Waals surface area contributed by atoms with Crippen molar-refractivity contribution in [2.45, 2.75) is 18.2 Å². The SMILES string of the molecule is CC1=NN(c2c(Cl)cccc2S(=O)(=O)O)C(=O)C1. The molecule has 18 heavy (non-hydrogen) atoms. The average Bonchev–Trinajstić information content (AvgIpc) is 2.56. The summed E-state index contributed by atoms with van der Waals surface area (Å²) in [5.74, 6) is -0.398. The number of nitrogens with zero attached hydrogens (tertiary/aromatic N) is 2. The first-order valence-corrected chi connectivity index (χ1v) is 6.75. The van der Waals surface area contributed by atoms with Gasteiger partial charge in [-0.15, -0.1) is 0 Å². The maximum Gasteiger partial charge on any atom is 0.296 e. The van der Waals surface area contributed by atoms with Gasteiger partial charge in [-0.2, -0.15) is 18.5 Å². The second kappa shape index (κ2) is 4.34. The third-order valence-corrected chi connectivity index (χ3v) is 3.54. The van der Waals surface area contributed by atoms with Gasteiger partial charge < -0.3 is 0 Å². The van der Waals surface area contributed by atoms with Crippen molar-refractivity contribution < 1.29 is 17.8 Å². The molecule has 0 fully saturated rings. The minimum Gasteiger partial charge on any atom is -0.282 e. The molecule has 0 saturated carbocycles. The van der Waals surface area contributed by atoms with Crippen LogP contribution in [-0.4, -0.2) is 24.6 Å². The van der Waals surface area contributed by atoms with Crippen molar-refractivity contribution in [1.82, 2.24) is 0 Å². The summed E-state index contributed by atoms with van der Waals surface area (Å²) in [7, 11) is -4.48. The molecule has 1 aliphatic heterocycles. The van der Waals surface area contributed by atoms with E-state index in [0.717, 1.165) is 11.1 Å². The van der Waals surface area contributed by atoms with Gasteiger partial charge in [0.15, 0.2) is 0 Å². The van der Waals surface area contributed by atoms with E-state index in [-0.39, 0.29) is 17.1 Å². The first-order valence-electron chi connectivity index (χ1n) is 4.94. The average molecular weight is 289 g/mol. The summed E-state index contributed by atoms with van der Waals surface area (Å²) in [6.07, 6.45) is 0.0934. The molecule has 1 aromatic rings. The number of hydrogen-bond donors (Lipinski definition) is 1. The van der Waals surface area contributed by atoms with Gasteiger partial charge in [-0.25, -0.2) is 0 Å². The zero-order chi connectivity index (χ0) is 13.5. The summed E-state index contributed by atoms with van der Waals surface area (Å²) in [6, 6.07) is 3.95. The van der Waals surface area contributed by atoms with Gasteiger partial charge in [0.2, 0.25) is 0 Å². The van der Waals surface area contributed by atoms with Crippen LogP contribution < -0.4 is 5.01 Å². The molecular weight excluding hydrogens is 280 g/mol. The van der Waals surface area contributed by atoms with Crippen LogP contribution in [0.3, 0.4) is 0 Å². The lowest BCUT2D eigenvalue weighted by Crippen LogP contribution is -2.22. The molecule has 1 heterocycles. The number of hydrogen-bond acceptors (Lipinski definition) is 4. The molecule has 0 bridgehead atoms. The molecule has 1 amide bonds. The van der Waals surface area contributed by atoms with Crippen LogP contribution in [-0.2, 0) is 14.9 Å². The highest BCUT2D eigenvalue weighted by Gasteiger charge is 2.30. The number of rotatable bonds is 2. The number of hydrazone groups is 1. The fraction of sp³-hybridized carbons (Fsp3) is 0.200. The largest absolute Gasteiger partial charge is 0.296 e. The van der Waals surface area contributed by atoms with Gasteiger partial charge in [-0.3, -0.25) is 9.35 Å². The number of carbonyl (C=O) groups is 1. The van der Waals surface area contributed by atoms with E-state index in [9.17, 15) is 13.2 Å². The fourth-order valence-electron chi connectivity index (χ4n) is 1.64. The maximum absolute atomic E-state index is 11.7. The van der Waals surface area contributed by atoms with Crippen molar-refractivity contribution in [3.05, 3.63) is 23.2 Å². The van der Waals surface area contributed by atoms with Crippen LogP contribution in [0.25, 0.3) is 0 Å². The fourth-order valence-corrected chi connectivity index (χ4v) is 2.64. The Hall–Kier alpha value is -1.44. The molecule has 0 aliphatic carbocycles. The van der Waals surface area contributed by atoms with Crippen LogP contribution in [0, 0.1) is 0 Å². The molecule has 0 radical (unpaired) electrons. The predicted molar refractivity (Wildman–Crippen MR) is 66.5 cm³/mol. The molecule has 2 rings (SSSR count). The maximum atomic E-state index is 11.7. The smallest absolute Gasteiger partial charge is 0.282 e. The van der Waals surface area contributed by atoms with Crippen LogP contribution in [0.4, 0.5) is 5.69 Å². The Labute approximate surface area is 109 Å². The molecule has 0 saturated heterocycles. The highest BCUT2D eigenvalue weighted by molar-refractivity contribution is 7.86. The summed E-state index contributed by atoms with van der Waals surface area (Å²) < 4.78 is 31.7. The van der Waals surface area contributed by atoms with Crippen molar-refractivity contribution >= 4 is 39.0 Å². The molecule has 0 aromatic heterocycles. The highest BCUT2D eigenvalue weighted by atomic mass is 35.5. The standard InChI is InChI=1S/C10H9ClN2O4S/c1-6-5-9(14)13(12-6)10-7(11)3-2-4-8(10)18(15,16)17/h2-4H,5H2,1H3,(H,15,16,17). The summed E-state index contributed by atoms with van der Waals surface area (Å²) >= 11 is 5.89. The Morgan fingerprint density at radius 2 is 2.11 bits per heavy atom. The number of amides is 1. The monoisotopic (exact) mass is 288 g/mol. The van der Waals surface area contributed by atoms with Gasteiger partial charge in [0.1, 0.15) is 10.6 Å². The van der Waals surface area contributed by atoms with Gasteiger partial charge in [0.25, 0.3) is 16.0 Å². The van der Waals surface area contributed by atoms with Crippen LogP contribution >= 0.6 is 11.6 Å².